The number of hydrogen-bond donors (Lipinski definition) is 1. The van der Waals surface area contributed by atoms with E-state index in [-0.39, 0.29) is 5.97 Å². The second-order valence-corrected chi connectivity index (χ2v) is 5.15. The molecular weight excluding hydrogens is 254 g/mol. The lowest BCUT2D eigenvalue weighted by Gasteiger charge is -2.04. The predicted octanol–water partition coefficient (Wildman–Crippen LogP) is 0.0803. The normalized spacial score (nSPS) is 14.7. The van der Waals surface area contributed by atoms with Crippen molar-refractivity contribution in [3.8, 4) is 0 Å². The van der Waals surface area contributed by atoms with E-state index in [0.29, 0.717) is 18.2 Å². The fourth-order valence-corrected chi connectivity index (χ4v) is 2.25. The number of nitrogens with one attached hydrogen (secondary N) is 1. The molecule has 7 nitrogen and oxygen atoms in total. The Bertz CT molecular complexity index is 393. The molecule has 0 radical (unpaired) electrons. The molecule has 100 valence electrons. The number of ether oxygens (including phenoxy) is 1. The van der Waals surface area contributed by atoms with Gasteiger partial charge in [-0.2, -0.15) is 0 Å². The van der Waals surface area contributed by atoms with Gasteiger partial charge in [0.05, 0.1) is 20.1 Å². The van der Waals surface area contributed by atoms with Crippen LogP contribution in [0.25, 0.3) is 0 Å². The van der Waals surface area contributed by atoms with Crippen molar-refractivity contribution in [2.45, 2.75) is 37.0 Å². The molecule has 0 spiro atoms. The lowest BCUT2D eigenvalue weighted by atomic mass is 10.5. The summed E-state index contributed by atoms with van der Waals surface area (Å²) in [6, 6.07) is 0.692. The van der Waals surface area contributed by atoms with Crippen molar-refractivity contribution < 1.29 is 9.53 Å². The molecule has 1 aliphatic carbocycles. The van der Waals surface area contributed by atoms with Gasteiger partial charge in [0.1, 0.15) is 0 Å². The number of methoxy groups -OCH3 is 1. The first-order valence-electron chi connectivity index (χ1n) is 5.99. The summed E-state index contributed by atoms with van der Waals surface area (Å²) in [5, 5.41) is 15.7. The van der Waals surface area contributed by atoms with E-state index in [1.807, 2.05) is 0 Å². The Balaban J connectivity index is 1.70. The van der Waals surface area contributed by atoms with Crippen LogP contribution in [0.2, 0.25) is 0 Å². The number of rotatable bonds is 8. The molecular formula is C10H17N5O2S. The second-order valence-electron chi connectivity index (χ2n) is 4.09. The number of aromatic nitrogens is 4. The molecule has 1 heterocycles. The molecule has 0 unspecified atom stereocenters. The third-order valence-electron chi connectivity index (χ3n) is 2.60. The van der Waals surface area contributed by atoms with Crippen molar-refractivity contribution in [2.24, 2.45) is 0 Å². The second kappa shape index (κ2) is 6.69. The van der Waals surface area contributed by atoms with Gasteiger partial charge >= 0.3 is 5.97 Å². The Morgan fingerprint density at radius 2 is 2.44 bits per heavy atom. The van der Waals surface area contributed by atoms with E-state index in [2.05, 4.69) is 25.6 Å². The predicted molar refractivity (Wildman–Crippen MR) is 66.2 cm³/mol. The molecule has 1 aromatic heterocycles. The zero-order valence-corrected chi connectivity index (χ0v) is 11.2. The first kappa shape index (κ1) is 13.3. The van der Waals surface area contributed by atoms with E-state index in [1.54, 1.807) is 4.68 Å². The molecule has 1 fully saturated rings. The number of thioether (sulfide) groups is 1. The van der Waals surface area contributed by atoms with Crippen molar-refractivity contribution in [2.75, 3.05) is 19.4 Å². The van der Waals surface area contributed by atoms with Crippen LogP contribution < -0.4 is 5.32 Å². The molecule has 1 aliphatic rings. The van der Waals surface area contributed by atoms with E-state index in [9.17, 15) is 4.79 Å². The molecule has 0 atom stereocenters. The van der Waals surface area contributed by atoms with Crippen molar-refractivity contribution in [3.05, 3.63) is 0 Å². The quantitative estimate of drug-likeness (QED) is 0.529. The average Bonchev–Trinajstić information content (AvgIpc) is 3.09. The highest BCUT2D eigenvalue weighted by atomic mass is 32.2. The maximum absolute atomic E-state index is 11.0. The number of carbonyl (C=O) groups is 1. The Morgan fingerprint density at radius 3 is 3.17 bits per heavy atom. The van der Waals surface area contributed by atoms with Crippen LogP contribution in [0.1, 0.15) is 19.3 Å². The highest BCUT2D eigenvalue weighted by molar-refractivity contribution is 7.99. The minimum Gasteiger partial charge on any atom is -0.469 e. The van der Waals surface area contributed by atoms with Gasteiger partial charge in [0.15, 0.2) is 0 Å². The molecule has 0 amide bonds. The Hall–Kier alpha value is -1.15. The Labute approximate surface area is 110 Å². The first-order valence-corrected chi connectivity index (χ1v) is 6.97. The lowest BCUT2D eigenvalue weighted by molar-refractivity contribution is -0.140. The summed E-state index contributed by atoms with van der Waals surface area (Å²) in [4.78, 5) is 11.0. The van der Waals surface area contributed by atoms with Gasteiger partial charge in [0.2, 0.25) is 5.16 Å². The largest absolute Gasteiger partial charge is 0.469 e. The van der Waals surface area contributed by atoms with Crippen LogP contribution in [0, 0.1) is 0 Å². The molecule has 1 N–H and O–H groups in total. The molecule has 0 aromatic carbocycles. The standard InChI is InChI=1S/C10H17N5O2S/c1-17-9(16)4-7-18-10-12-13-14-15(10)6-5-11-8-2-3-8/h8,11H,2-7H2,1H3. The Morgan fingerprint density at radius 1 is 1.61 bits per heavy atom. The van der Waals surface area contributed by atoms with Crippen molar-refractivity contribution in [3.63, 3.8) is 0 Å². The lowest BCUT2D eigenvalue weighted by Crippen LogP contribution is -2.22. The van der Waals surface area contributed by atoms with Crippen LogP contribution in [0.4, 0.5) is 0 Å². The van der Waals surface area contributed by atoms with Crippen molar-refractivity contribution in [1.29, 1.82) is 0 Å². The van der Waals surface area contributed by atoms with Gasteiger partial charge in [-0.25, -0.2) is 4.68 Å². The minimum absolute atomic E-state index is 0.211. The minimum atomic E-state index is -0.211. The molecule has 2 rings (SSSR count). The van der Waals surface area contributed by atoms with Crippen molar-refractivity contribution in [1.82, 2.24) is 25.5 Å². The van der Waals surface area contributed by atoms with Crippen LogP contribution in [-0.2, 0) is 16.1 Å². The van der Waals surface area contributed by atoms with E-state index in [1.165, 1.54) is 31.7 Å². The summed E-state index contributed by atoms with van der Waals surface area (Å²) in [6.45, 7) is 1.63. The summed E-state index contributed by atoms with van der Waals surface area (Å²) in [5.41, 5.74) is 0. The number of tetrazole rings is 1. The third-order valence-corrected chi connectivity index (χ3v) is 3.56. The summed E-state index contributed by atoms with van der Waals surface area (Å²) in [5.74, 6) is 0.417. The van der Waals surface area contributed by atoms with Crippen molar-refractivity contribution >= 4 is 17.7 Å². The van der Waals surface area contributed by atoms with Crippen LogP contribution in [0.3, 0.4) is 0 Å². The van der Waals surface area contributed by atoms with Gasteiger partial charge in [0.25, 0.3) is 0 Å². The summed E-state index contributed by atoms with van der Waals surface area (Å²) >= 11 is 1.47. The SMILES string of the molecule is COC(=O)CCSc1nnnn1CCNC1CC1. The summed E-state index contributed by atoms with van der Waals surface area (Å²) in [6.07, 6.45) is 2.92. The van der Waals surface area contributed by atoms with E-state index >= 15 is 0 Å². The maximum atomic E-state index is 11.0. The molecule has 0 saturated heterocycles. The third kappa shape index (κ3) is 4.26. The van der Waals surface area contributed by atoms with Gasteiger partial charge in [-0.1, -0.05) is 11.8 Å². The number of hydrogen-bond acceptors (Lipinski definition) is 7. The molecule has 0 bridgehead atoms. The fraction of sp³-hybridized carbons (Fsp3) is 0.800. The zero-order chi connectivity index (χ0) is 12.8. The monoisotopic (exact) mass is 271 g/mol. The highest BCUT2D eigenvalue weighted by Gasteiger charge is 2.20. The van der Waals surface area contributed by atoms with Crippen LogP contribution in [0.15, 0.2) is 5.16 Å². The summed E-state index contributed by atoms with van der Waals surface area (Å²) < 4.78 is 6.34. The Kier molecular flexibility index (Phi) is 4.94. The number of nitrogens with zero attached hydrogens (tertiary/aromatic N) is 4. The van der Waals surface area contributed by atoms with Crippen LogP contribution in [-0.4, -0.2) is 51.6 Å². The molecule has 0 aliphatic heterocycles. The van der Waals surface area contributed by atoms with Gasteiger partial charge in [-0.15, -0.1) is 5.10 Å². The molecule has 1 saturated carbocycles. The summed E-state index contributed by atoms with van der Waals surface area (Å²) in [7, 11) is 1.39. The van der Waals surface area contributed by atoms with Crippen LogP contribution in [0.5, 0.6) is 0 Å². The molecule has 8 heteroatoms. The molecule has 1 aromatic rings. The van der Waals surface area contributed by atoms with Gasteiger partial charge in [0, 0.05) is 18.3 Å². The highest BCUT2D eigenvalue weighted by Crippen LogP contribution is 2.18. The van der Waals surface area contributed by atoms with Gasteiger partial charge < -0.3 is 10.1 Å². The maximum Gasteiger partial charge on any atom is 0.306 e. The van der Waals surface area contributed by atoms with Gasteiger partial charge in [-0.3, -0.25) is 4.79 Å². The van der Waals surface area contributed by atoms with E-state index in [4.69, 9.17) is 0 Å². The van der Waals surface area contributed by atoms with E-state index in [0.717, 1.165) is 18.2 Å². The number of carbonyl (C=O) groups excluding carboxylic acids is 1. The van der Waals surface area contributed by atoms with Gasteiger partial charge in [-0.05, 0) is 23.3 Å². The first-order chi connectivity index (χ1) is 8.79. The molecule has 18 heavy (non-hydrogen) atoms. The topological polar surface area (TPSA) is 81.9 Å². The average molecular weight is 271 g/mol. The van der Waals surface area contributed by atoms with Crippen LogP contribution >= 0.6 is 11.8 Å². The number of esters is 1. The fourth-order valence-electron chi connectivity index (χ4n) is 1.43. The smallest absolute Gasteiger partial charge is 0.306 e. The van der Waals surface area contributed by atoms with E-state index < -0.39 is 0 Å². The zero-order valence-electron chi connectivity index (χ0n) is 10.3.